The van der Waals surface area contributed by atoms with Crippen LogP contribution in [0.1, 0.15) is 36.7 Å². The summed E-state index contributed by atoms with van der Waals surface area (Å²) in [5.74, 6) is -0.398. The molecule has 34 heavy (non-hydrogen) atoms. The Hall–Kier alpha value is -4.05. The van der Waals surface area contributed by atoms with Gasteiger partial charge in [-0.25, -0.2) is 4.79 Å². The van der Waals surface area contributed by atoms with Crippen molar-refractivity contribution in [1.82, 2.24) is 0 Å². The summed E-state index contributed by atoms with van der Waals surface area (Å²) in [4.78, 5) is 12.9. The van der Waals surface area contributed by atoms with E-state index in [0.717, 1.165) is 49.4 Å². The Morgan fingerprint density at radius 2 is 1.50 bits per heavy atom. The maximum atomic E-state index is 12.9. The Morgan fingerprint density at radius 1 is 0.765 bits per heavy atom. The number of fused-ring (bicyclic) bond motifs is 6. The quantitative estimate of drug-likeness (QED) is 0.250. The maximum absolute atomic E-state index is 12.9. The van der Waals surface area contributed by atoms with Crippen LogP contribution in [0.3, 0.4) is 0 Å². The number of furan rings is 2. The Bertz CT molecular complexity index is 1740. The fourth-order valence-electron chi connectivity index (χ4n) is 4.84. The van der Waals surface area contributed by atoms with Crippen LogP contribution >= 0.6 is 0 Å². The summed E-state index contributed by atoms with van der Waals surface area (Å²) < 4.78 is 17.7. The number of ether oxygens (including phenoxy) is 1. The zero-order valence-corrected chi connectivity index (χ0v) is 19.6. The number of carbonyl (C=O) groups is 1. The third-order valence-corrected chi connectivity index (χ3v) is 6.58. The second kappa shape index (κ2) is 7.22. The number of benzene rings is 4. The van der Waals surface area contributed by atoms with Gasteiger partial charge in [0.1, 0.15) is 22.3 Å². The number of rotatable bonds is 2. The van der Waals surface area contributed by atoms with E-state index in [0.29, 0.717) is 11.1 Å². The van der Waals surface area contributed by atoms with E-state index >= 15 is 0 Å². The van der Waals surface area contributed by atoms with Crippen molar-refractivity contribution >= 4 is 49.8 Å². The minimum Gasteiger partial charge on any atom is -0.465 e. The van der Waals surface area contributed by atoms with E-state index < -0.39 is 5.97 Å². The molecule has 0 amide bonds. The summed E-state index contributed by atoms with van der Waals surface area (Å²) in [5.41, 5.74) is 6.38. The molecule has 0 aliphatic rings. The van der Waals surface area contributed by atoms with Crippen molar-refractivity contribution in [3.05, 3.63) is 83.9 Å². The third-order valence-electron chi connectivity index (χ3n) is 6.58. The smallest absolute Gasteiger partial charge is 0.338 e. The van der Waals surface area contributed by atoms with E-state index in [9.17, 15) is 4.79 Å². The summed E-state index contributed by atoms with van der Waals surface area (Å²) in [6.07, 6.45) is 0. The minimum atomic E-state index is -0.398. The van der Waals surface area contributed by atoms with E-state index in [-0.39, 0.29) is 5.41 Å². The second-order valence-electron chi connectivity index (χ2n) is 9.70. The number of para-hydroxylation sites is 2. The van der Waals surface area contributed by atoms with Gasteiger partial charge in [-0.2, -0.15) is 0 Å². The second-order valence-corrected chi connectivity index (χ2v) is 9.70. The molecular formula is C30H24O4. The summed E-state index contributed by atoms with van der Waals surface area (Å²) in [7, 11) is 1.40. The average Bonchev–Trinajstić information content (AvgIpc) is 3.40. The van der Waals surface area contributed by atoms with Gasteiger partial charge in [-0.15, -0.1) is 0 Å². The van der Waals surface area contributed by atoms with Crippen LogP contribution in [0.5, 0.6) is 0 Å². The SMILES string of the molecule is COC(=O)c1ccc2oc3ccccc3c2c1-c1cccc2c1oc1ccc(C(C)(C)C)cc12. The van der Waals surface area contributed by atoms with Crippen LogP contribution in [0.4, 0.5) is 0 Å². The summed E-state index contributed by atoms with van der Waals surface area (Å²) in [6.45, 7) is 6.61. The molecular weight excluding hydrogens is 424 g/mol. The molecule has 6 rings (SSSR count). The number of esters is 1. The largest absolute Gasteiger partial charge is 0.465 e. The first-order valence-corrected chi connectivity index (χ1v) is 11.4. The molecule has 0 saturated heterocycles. The molecule has 0 atom stereocenters. The first-order valence-electron chi connectivity index (χ1n) is 11.4. The lowest BCUT2D eigenvalue weighted by atomic mass is 9.86. The molecule has 168 valence electrons. The number of hydrogen-bond donors (Lipinski definition) is 0. The van der Waals surface area contributed by atoms with Crippen molar-refractivity contribution in [2.24, 2.45) is 0 Å². The molecule has 0 fully saturated rings. The van der Waals surface area contributed by atoms with Crippen molar-refractivity contribution < 1.29 is 18.4 Å². The van der Waals surface area contributed by atoms with Gasteiger partial charge >= 0.3 is 5.97 Å². The predicted molar refractivity (Wildman–Crippen MR) is 136 cm³/mol. The summed E-state index contributed by atoms with van der Waals surface area (Å²) >= 11 is 0. The highest BCUT2D eigenvalue weighted by atomic mass is 16.5. The fourth-order valence-corrected chi connectivity index (χ4v) is 4.84. The van der Waals surface area contributed by atoms with Crippen molar-refractivity contribution in [2.45, 2.75) is 26.2 Å². The van der Waals surface area contributed by atoms with Crippen molar-refractivity contribution in [3.8, 4) is 11.1 Å². The average molecular weight is 449 g/mol. The molecule has 0 N–H and O–H groups in total. The lowest BCUT2D eigenvalue weighted by molar-refractivity contribution is 0.0602. The Balaban J connectivity index is 1.75. The zero-order chi connectivity index (χ0) is 23.6. The molecule has 4 heteroatoms. The Morgan fingerprint density at radius 3 is 2.29 bits per heavy atom. The van der Waals surface area contributed by atoms with E-state index in [2.05, 4.69) is 39.0 Å². The molecule has 0 radical (unpaired) electrons. The van der Waals surface area contributed by atoms with E-state index in [1.54, 1.807) is 6.07 Å². The van der Waals surface area contributed by atoms with Gasteiger partial charge in [0.25, 0.3) is 0 Å². The topological polar surface area (TPSA) is 52.6 Å². The highest BCUT2D eigenvalue weighted by Gasteiger charge is 2.24. The molecule has 0 unspecified atom stereocenters. The van der Waals surface area contributed by atoms with Gasteiger partial charge in [-0.3, -0.25) is 0 Å². The van der Waals surface area contributed by atoms with Crippen LogP contribution < -0.4 is 0 Å². The van der Waals surface area contributed by atoms with Crippen LogP contribution in [-0.2, 0) is 10.2 Å². The highest BCUT2D eigenvalue weighted by Crippen LogP contribution is 2.44. The number of hydrogen-bond acceptors (Lipinski definition) is 4. The lowest BCUT2D eigenvalue weighted by Crippen LogP contribution is -2.10. The first kappa shape index (κ1) is 20.5. The number of methoxy groups -OCH3 is 1. The molecule has 0 bridgehead atoms. The normalized spacial score (nSPS) is 12.2. The minimum absolute atomic E-state index is 0.0226. The van der Waals surface area contributed by atoms with Crippen molar-refractivity contribution in [1.29, 1.82) is 0 Å². The van der Waals surface area contributed by atoms with Gasteiger partial charge < -0.3 is 13.6 Å². The molecule has 0 aliphatic carbocycles. The van der Waals surface area contributed by atoms with Crippen LogP contribution in [-0.4, -0.2) is 13.1 Å². The van der Waals surface area contributed by atoms with Crippen LogP contribution in [0, 0.1) is 0 Å². The summed E-state index contributed by atoms with van der Waals surface area (Å²) in [5, 5.41) is 3.90. The van der Waals surface area contributed by atoms with Crippen LogP contribution in [0.15, 0.2) is 81.6 Å². The highest BCUT2D eigenvalue weighted by molar-refractivity contribution is 6.21. The number of carbonyl (C=O) groups excluding carboxylic acids is 1. The van der Waals surface area contributed by atoms with Crippen molar-refractivity contribution in [3.63, 3.8) is 0 Å². The molecule has 2 heterocycles. The molecule has 6 aromatic rings. The van der Waals surface area contributed by atoms with Gasteiger partial charge in [0, 0.05) is 32.7 Å². The van der Waals surface area contributed by atoms with E-state index in [1.165, 1.54) is 12.7 Å². The van der Waals surface area contributed by atoms with Gasteiger partial charge in [0.2, 0.25) is 0 Å². The maximum Gasteiger partial charge on any atom is 0.338 e. The van der Waals surface area contributed by atoms with E-state index in [4.69, 9.17) is 13.6 Å². The molecule has 4 aromatic carbocycles. The molecule has 0 spiro atoms. The third kappa shape index (κ3) is 2.95. The van der Waals surface area contributed by atoms with Gasteiger partial charge in [-0.05, 0) is 41.3 Å². The molecule has 0 saturated carbocycles. The van der Waals surface area contributed by atoms with Crippen LogP contribution in [0.25, 0.3) is 55.0 Å². The Labute approximate surface area is 196 Å². The molecule has 2 aromatic heterocycles. The van der Waals surface area contributed by atoms with Gasteiger partial charge in [0.05, 0.1) is 12.7 Å². The fraction of sp³-hybridized carbons (Fsp3) is 0.167. The lowest BCUT2D eigenvalue weighted by Gasteiger charge is -2.18. The monoisotopic (exact) mass is 448 g/mol. The van der Waals surface area contributed by atoms with Gasteiger partial charge in [0.15, 0.2) is 0 Å². The van der Waals surface area contributed by atoms with Crippen molar-refractivity contribution in [2.75, 3.05) is 7.11 Å². The van der Waals surface area contributed by atoms with E-state index in [1.807, 2.05) is 48.5 Å². The Kier molecular flexibility index (Phi) is 4.37. The van der Waals surface area contributed by atoms with Crippen LogP contribution in [0.2, 0.25) is 0 Å². The molecule has 0 aliphatic heterocycles. The standard InChI is InChI=1S/C30H24O4/c1-30(2,3)17-12-14-24-22(16-17)18-9-7-10-20(28(18)34-24)26-21(29(31)32-4)13-15-25-27(26)19-8-5-6-11-23(19)33-25/h5-16H,1-4H3. The first-order chi connectivity index (χ1) is 16.4. The predicted octanol–water partition coefficient (Wildman–Crippen LogP) is 8.24. The zero-order valence-electron chi connectivity index (χ0n) is 19.6. The molecule has 4 nitrogen and oxygen atoms in total. The summed E-state index contributed by atoms with van der Waals surface area (Å²) in [6, 6.07) is 23.9. The van der Waals surface area contributed by atoms with Gasteiger partial charge in [-0.1, -0.05) is 63.2 Å².